The van der Waals surface area contributed by atoms with E-state index >= 15 is 0 Å². The molecule has 0 saturated heterocycles. The standard InChI is InChI=1S/C14H19NO/c1-4-13(15-14(16)11(2)3)10-12-8-6-5-7-9-12/h4-9,11,13H,1,10H2,2-3H3,(H,15,16). The van der Waals surface area contributed by atoms with Crippen molar-refractivity contribution < 1.29 is 4.79 Å². The van der Waals surface area contributed by atoms with Crippen LogP contribution in [-0.4, -0.2) is 11.9 Å². The van der Waals surface area contributed by atoms with E-state index in [0.29, 0.717) is 0 Å². The van der Waals surface area contributed by atoms with Crippen LogP contribution in [0.2, 0.25) is 0 Å². The topological polar surface area (TPSA) is 29.1 Å². The molecule has 2 nitrogen and oxygen atoms in total. The van der Waals surface area contributed by atoms with Crippen LogP contribution in [0.15, 0.2) is 43.0 Å². The Balaban J connectivity index is 2.56. The van der Waals surface area contributed by atoms with E-state index in [9.17, 15) is 4.79 Å². The molecule has 1 atom stereocenters. The van der Waals surface area contributed by atoms with E-state index in [-0.39, 0.29) is 17.9 Å². The highest BCUT2D eigenvalue weighted by atomic mass is 16.1. The first-order chi connectivity index (χ1) is 7.63. The largest absolute Gasteiger partial charge is 0.349 e. The summed E-state index contributed by atoms with van der Waals surface area (Å²) in [5.41, 5.74) is 1.21. The van der Waals surface area contributed by atoms with Crippen LogP contribution in [-0.2, 0) is 11.2 Å². The van der Waals surface area contributed by atoms with E-state index in [0.717, 1.165) is 6.42 Å². The molecule has 0 bridgehead atoms. The lowest BCUT2D eigenvalue weighted by Gasteiger charge is -2.16. The second kappa shape index (κ2) is 6.11. The Morgan fingerprint density at radius 3 is 2.50 bits per heavy atom. The molecule has 0 aliphatic heterocycles. The lowest BCUT2D eigenvalue weighted by molar-refractivity contribution is -0.124. The number of carbonyl (C=O) groups excluding carboxylic acids is 1. The van der Waals surface area contributed by atoms with Gasteiger partial charge in [0.2, 0.25) is 5.91 Å². The maximum atomic E-state index is 11.5. The second-order valence-corrected chi connectivity index (χ2v) is 4.20. The average molecular weight is 217 g/mol. The van der Waals surface area contributed by atoms with Gasteiger partial charge in [-0.3, -0.25) is 4.79 Å². The first-order valence-corrected chi connectivity index (χ1v) is 5.60. The normalized spacial score (nSPS) is 12.2. The molecule has 1 amide bonds. The molecule has 0 radical (unpaired) electrons. The summed E-state index contributed by atoms with van der Waals surface area (Å²) >= 11 is 0. The summed E-state index contributed by atoms with van der Waals surface area (Å²) < 4.78 is 0. The smallest absolute Gasteiger partial charge is 0.223 e. The van der Waals surface area contributed by atoms with Gasteiger partial charge in [-0.2, -0.15) is 0 Å². The van der Waals surface area contributed by atoms with Crippen molar-refractivity contribution in [2.45, 2.75) is 26.3 Å². The maximum absolute atomic E-state index is 11.5. The van der Waals surface area contributed by atoms with Gasteiger partial charge in [0.05, 0.1) is 6.04 Å². The highest BCUT2D eigenvalue weighted by molar-refractivity contribution is 5.78. The van der Waals surface area contributed by atoms with Crippen LogP contribution < -0.4 is 5.32 Å². The Hall–Kier alpha value is -1.57. The Bertz CT molecular complexity index is 343. The minimum atomic E-state index is 0.0114. The highest BCUT2D eigenvalue weighted by Gasteiger charge is 2.12. The highest BCUT2D eigenvalue weighted by Crippen LogP contribution is 2.04. The van der Waals surface area contributed by atoms with Gasteiger partial charge in [-0.05, 0) is 12.0 Å². The van der Waals surface area contributed by atoms with Gasteiger partial charge in [-0.25, -0.2) is 0 Å². The molecular weight excluding hydrogens is 198 g/mol. The van der Waals surface area contributed by atoms with Crippen molar-refractivity contribution >= 4 is 5.91 Å². The lowest BCUT2D eigenvalue weighted by atomic mass is 10.1. The van der Waals surface area contributed by atoms with Crippen molar-refractivity contribution in [1.29, 1.82) is 0 Å². The molecule has 1 aromatic carbocycles. The third-order valence-corrected chi connectivity index (χ3v) is 2.43. The SMILES string of the molecule is C=CC(Cc1ccccc1)NC(=O)C(C)C. The molecule has 1 aromatic rings. The molecule has 0 aliphatic rings. The van der Waals surface area contributed by atoms with E-state index in [4.69, 9.17) is 0 Å². The summed E-state index contributed by atoms with van der Waals surface area (Å²) in [7, 11) is 0. The zero-order valence-corrected chi connectivity index (χ0v) is 9.94. The summed E-state index contributed by atoms with van der Waals surface area (Å²) in [6, 6.07) is 10.1. The van der Waals surface area contributed by atoms with Gasteiger partial charge < -0.3 is 5.32 Å². The van der Waals surface area contributed by atoms with E-state index in [1.54, 1.807) is 6.08 Å². The van der Waals surface area contributed by atoms with Gasteiger partial charge >= 0.3 is 0 Å². The van der Waals surface area contributed by atoms with Crippen molar-refractivity contribution in [3.8, 4) is 0 Å². The number of carbonyl (C=O) groups is 1. The first kappa shape index (κ1) is 12.5. The monoisotopic (exact) mass is 217 g/mol. The van der Waals surface area contributed by atoms with Crippen LogP contribution in [0.25, 0.3) is 0 Å². The molecule has 0 fully saturated rings. The fourth-order valence-electron chi connectivity index (χ4n) is 1.41. The van der Waals surface area contributed by atoms with Crippen LogP contribution in [0.4, 0.5) is 0 Å². The molecule has 16 heavy (non-hydrogen) atoms. The van der Waals surface area contributed by atoms with Crippen molar-refractivity contribution in [3.05, 3.63) is 48.6 Å². The molecule has 86 valence electrons. The molecule has 1 rings (SSSR count). The molecule has 1 N–H and O–H groups in total. The Morgan fingerprint density at radius 2 is 2.00 bits per heavy atom. The van der Waals surface area contributed by atoms with E-state index in [1.165, 1.54) is 5.56 Å². The number of nitrogens with one attached hydrogen (secondary N) is 1. The maximum Gasteiger partial charge on any atom is 0.223 e. The fraction of sp³-hybridized carbons (Fsp3) is 0.357. The summed E-state index contributed by atoms with van der Waals surface area (Å²) in [6.07, 6.45) is 2.58. The van der Waals surface area contributed by atoms with Gasteiger partial charge in [-0.1, -0.05) is 50.3 Å². The Morgan fingerprint density at radius 1 is 1.38 bits per heavy atom. The van der Waals surface area contributed by atoms with Gasteiger partial charge in [0.1, 0.15) is 0 Å². The molecule has 2 heteroatoms. The van der Waals surface area contributed by atoms with Crippen LogP contribution in [0.1, 0.15) is 19.4 Å². The summed E-state index contributed by atoms with van der Waals surface area (Å²) in [5.74, 6) is 0.0825. The van der Waals surface area contributed by atoms with Crippen molar-refractivity contribution in [2.75, 3.05) is 0 Å². The number of hydrogen-bond acceptors (Lipinski definition) is 1. The van der Waals surface area contributed by atoms with E-state index in [2.05, 4.69) is 24.0 Å². The molecule has 0 saturated carbocycles. The zero-order valence-electron chi connectivity index (χ0n) is 9.94. The van der Waals surface area contributed by atoms with E-state index in [1.807, 2.05) is 32.0 Å². The predicted molar refractivity (Wildman–Crippen MR) is 67.1 cm³/mol. The number of benzene rings is 1. The third kappa shape index (κ3) is 3.89. The van der Waals surface area contributed by atoms with Crippen LogP contribution in [0.5, 0.6) is 0 Å². The third-order valence-electron chi connectivity index (χ3n) is 2.43. The predicted octanol–water partition coefficient (Wildman–Crippen LogP) is 2.56. The van der Waals surface area contributed by atoms with E-state index < -0.39 is 0 Å². The molecule has 0 aliphatic carbocycles. The fourth-order valence-corrected chi connectivity index (χ4v) is 1.41. The second-order valence-electron chi connectivity index (χ2n) is 4.20. The van der Waals surface area contributed by atoms with Crippen molar-refractivity contribution in [2.24, 2.45) is 5.92 Å². The summed E-state index contributed by atoms with van der Waals surface area (Å²) in [5, 5.41) is 2.96. The zero-order chi connectivity index (χ0) is 12.0. The first-order valence-electron chi connectivity index (χ1n) is 5.60. The molecular formula is C14H19NO. The van der Waals surface area contributed by atoms with Crippen LogP contribution >= 0.6 is 0 Å². The van der Waals surface area contributed by atoms with Gasteiger partial charge in [-0.15, -0.1) is 6.58 Å². The van der Waals surface area contributed by atoms with Gasteiger partial charge in [0.25, 0.3) is 0 Å². The lowest BCUT2D eigenvalue weighted by Crippen LogP contribution is -2.37. The van der Waals surface area contributed by atoms with Crippen LogP contribution in [0.3, 0.4) is 0 Å². The van der Waals surface area contributed by atoms with Crippen LogP contribution in [0, 0.1) is 5.92 Å². The quantitative estimate of drug-likeness (QED) is 0.754. The summed E-state index contributed by atoms with van der Waals surface area (Å²) in [4.78, 5) is 11.5. The number of amides is 1. The number of rotatable bonds is 5. The molecule has 0 aromatic heterocycles. The van der Waals surface area contributed by atoms with Gasteiger partial charge in [0, 0.05) is 5.92 Å². The Labute approximate surface area is 97.4 Å². The summed E-state index contributed by atoms with van der Waals surface area (Å²) in [6.45, 7) is 7.53. The number of hydrogen-bond donors (Lipinski definition) is 1. The van der Waals surface area contributed by atoms with Crippen molar-refractivity contribution in [3.63, 3.8) is 0 Å². The molecule has 0 spiro atoms. The van der Waals surface area contributed by atoms with Gasteiger partial charge in [0.15, 0.2) is 0 Å². The molecule has 0 heterocycles. The molecule has 1 unspecified atom stereocenters. The van der Waals surface area contributed by atoms with Crippen molar-refractivity contribution in [1.82, 2.24) is 5.32 Å². The minimum Gasteiger partial charge on any atom is -0.349 e. The Kier molecular flexibility index (Phi) is 4.77. The minimum absolute atomic E-state index is 0.0114. The average Bonchev–Trinajstić information content (AvgIpc) is 2.29.